The van der Waals surface area contributed by atoms with Gasteiger partial charge in [-0.25, -0.2) is 13.6 Å². The minimum Gasteiger partial charge on any atom is -0.465 e. The van der Waals surface area contributed by atoms with Crippen LogP contribution in [-0.4, -0.2) is 13.1 Å². The van der Waals surface area contributed by atoms with E-state index in [0.29, 0.717) is 5.69 Å². The molecule has 2 rings (SSSR count). The van der Waals surface area contributed by atoms with Gasteiger partial charge < -0.3 is 10.1 Å². The molecular weight excluding hydrogens is 288 g/mol. The lowest BCUT2D eigenvalue weighted by Crippen LogP contribution is -2.04. The summed E-state index contributed by atoms with van der Waals surface area (Å²) in [6.45, 7) is 0. The van der Waals surface area contributed by atoms with Gasteiger partial charge in [0, 0.05) is 6.07 Å². The topological polar surface area (TPSA) is 38.3 Å². The standard InChI is InChI=1S/C14H10ClF2NO2/c1-20-14(19)9-3-2-4-12(13(9)15)18-11-6-5-8(16)7-10(11)17/h2-7,18H,1H3. The Morgan fingerprint density at radius 1 is 1.20 bits per heavy atom. The molecule has 1 N–H and O–H groups in total. The summed E-state index contributed by atoms with van der Waals surface area (Å²) in [4.78, 5) is 11.5. The predicted molar refractivity (Wildman–Crippen MR) is 72.4 cm³/mol. The second-order valence-corrected chi connectivity index (χ2v) is 4.29. The molecule has 3 nitrogen and oxygen atoms in total. The molecule has 0 amide bonds. The number of ether oxygens (including phenoxy) is 1. The summed E-state index contributed by atoms with van der Waals surface area (Å²) in [5.74, 6) is -2.04. The average Bonchev–Trinajstić information content (AvgIpc) is 2.43. The molecule has 2 aromatic rings. The second-order valence-electron chi connectivity index (χ2n) is 3.91. The first kappa shape index (κ1) is 14.3. The quantitative estimate of drug-likeness (QED) is 0.865. The number of carbonyl (C=O) groups excluding carboxylic acids is 1. The highest BCUT2D eigenvalue weighted by molar-refractivity contribution is 6.36. The van der Waals surface area contributed by atoms with Crippen LogP contribution in [0, 0.1) is 11.6 Å². The van der Waals surface area contributed by atoms with Gasteiger partial charge in [-0.3, -0.25) is 0 Å². The van der Waals surface area contributed by atoms with Gasteiger partial charge in [0.15, 0.2) is 0 Å². The molecule has 104 valence electrons. The normalized spacial score (nSPS) is 10.2. The van der Waals surface area contributed by atoms with Gasteiger partial charge in [-0.2, -0.15) is 0 Å². The minimum atomic E-state index is -0.760. The monoisotopic (exact) mass is 297 g/mol. The number of benzene rings is 2. The van der Waals surface area contributed by atoms with Gasteiger partial charge in [0.1, 0.15) is 11.6 Å². The maximum absolute atomic E-state index is 13.6. The van der Waals surface area contributed by atoms with Crippen molar-refractivity contribution in [3.05, 3.63) is 58.6 Å². The van der Waals surface area contributed by atoms with Crippen LogP contribution in [0.2, 0.25) is 5.02 Å². The lowest BCUT2D eigenvalue weighted by atomic mass is 10.2. The zero-order valence-corrected chi connectivity index (χ0v) is 11.2. The molecule has 20 heavy (non-hydrogen) atoms. The summed E-state index contributed by atoms with van der Waals surface area (Å²) in [7, 11) is 1.23. The molecule has 0 atom stereocenters. The SMILES string of the molecule is COC(=O)c1cccc(Nc2ccc(F)cc2F)c1Cl. The van der Waals surface area contributed by atoms with Crippen LogP contribution in [0.5, 0.6) is 0 Å². The van der Waals surface area contributed by atoms with Crippen LogP contribution in [-0.2, 0) is 4.74 Å². The van der Waals surface area contributed by atoms with Crippen molar-refractivity contribution < 1.29 is 18.3 Å². The highest BCUT2D eigenvalue weighted by Crippen LogP contribution is 2.30. The van der Waals surface area contributed by atoms with Gasteiger partial charge >= 0.3 is 5.97 Å². The number of carbonyl (C=O) groups is 1. The molecule has 0 aliphatic rings. The number of halogens is 3. The molecule has 0 aliphatic heterocycles. The van der Waals surface area contributed by atoms with E-state index >= 15 is 0 Å². The molecule has 0 spiro atoms. The van der Waals surface area contributed by atoms with E-state index in [1.165, 1.54) is 19.2 Å². The summed E-state index contributed by atoms with van der Waals surface area (Å²) in [6, 6.07) is 7.73. The Hall–Kier alpha value is -2.14. The maximum atomic E-state index is 13.6. The Labute approximate surface area is 119 Å². The third kappa shape index (κ3) is 2.88. The van der Waals surface area contributed by atoms with Crippen LogP contribution in [0.3, 0.4) is 0 Å². The van der Waals surface area contributed by atoms with Crippen molar-refractivity contribution in [3.8, 4) is 0 Å². The van der Waals surface area contributed by atoms with Crippen LogP contribution in [0.25, 0.3) is 0 Å². The fourth-order valence-corrected chi connectivity index (χ4v) is 1.88. The Balaban J connectivity index is 2.37. The van der Waals surface area contributed by atoms with Crippen LogP contribution in [0.15, 0.2) is 36.4 Å². The van der Waals surface area contributed by atoms with Crippen molar-refractivity contribution >= 4 is 28.9 Å². The summed E-state index contributed by atoms with van der Waals surface area (Å²) in [5, 5.41) is 2.81. The Bertz CT molecular complexity index is 662. The van der Waals surface area contributed by atoms with Gasteiger partial charge in [-0.1, -0.05) is 17.7 Å². The average molecular weight is 298 g/mol. The van der Waals surface area contributed by atoms with Crippen molar-refractivity contribution in [2.45, 2.75) is 0 Å². The molecule has 0 saturated heterocycles. The number of hydrogen-bond acceptors (Lipinski definition) is 3. The molecule has 6 heteroatoms. The molecule has 0 radical (unpaired) electrons. The fourth-order valence-electron chi connectivity index (χ4n) is 1.63. The number of methoxy groups -OCH3 is 1. The van der Waals surface area contributed by atoms with Gasteiger partial charge in [0.2, 0.25) is 0 Å². The molecule has 0 fully saturated rings. The minimum absolute atomic E-state index is 0.0512. The van der Waals surface area contributed by atoms with E-state index in [1.54, 1.807) is 12.1 Å². The van der Waals surface area contributed by atoms with E-state index in [2.05, 4.69) is 10.1 Å². The summed E-state index contributed by atoms with van der Waals surface area (Å²) < 4.78 is 31.0. The van der Waals surface area contributed by atoms with Crippen LogP contribution < -0.4 is 5.32 Å². The third-order valence-electron chi connectivity index (χ3n) is 2.60. The fraction of sp³-hybridized carbons (Fsp3) is 0.0714. The molecule has 0 unspecified atom stereocenters. The number of nitrogens with one attached hydrogen (secondary N) is 1. The first-order valence-corrected chi connectivity index (χ1v) is 5.99. The third-order valence-corrected chi connectivity index (χ3v) is 3.01. The Morgan fingerprint density at radius 3 is 2.60 bits per heavy atom. The van der Waals surface area contributed by atoms with E-state index < -0.39 is 17.6 Å². The van der Waals surface area contributed by atoms with E-state index in [-0.39, 0.29) is 16.3 Å². The zero-order chi connectivity index (χ0) is 14.7. The Morgan fingerprint density at radius 2 is 1.95 bits per heavy atom. The lowest BCUT2D eigenvalue weighted by Gasteiger charge is -2.11. The smallest absolute Gasteiger partial charge is 0.339 e. The summed E-state index contributed by atoms with van der Waals surface area (Å²) >= 11 is 6.06. The lowest BCUT2D eigenvalue weighted by molar-refractivity contribution is 0.0601. The van der Waals surface area contributed by atoms with E-state index in [1.807, 2.05) is 0 Å². The number of hydrogen-bond donors (Lipinski definition) is 1. The van der Waals surface area contributed by atoms with Crippen molar-refractivity contribution in [3.63, 3.8) is 0 Å². The van der Waals surface area contributed by atoms with Crippen molar-refractivity contribution in [1.82, 2.24) is 0 Å². The molecule has 0 aromatic heterocycles. The zero-order valence-electron chi connectivity index (χ0n) is 10.4. The van der Waals surface area contributed by atoms with E-state index in [0.717, 1.165) is 12.1 Å². The van der Waals surface area contributed by atoms with Gasteiger partial charge in [0.05, 0.1) is 29.1 Å². The highest BCUT2D eigenvalue weighted by atomic mass is 35.5. The highest BCUT2D eigenvalue weighted by Gasteiger charge is 2.14. The molecule has 0 saturated carbocycles. The van der Waals surface area contributed by atoms with Gasteiger partial charge in [-0.15, -0.1) is 0 Å². The van der Waals surface area contributed by atoms with Gasteiger partial charge in [0.25, 0.3) is 0 Å². The number of rotatable bonds is 3. The molecular formula is C14H10ClF2NO2. The molecule has 2 aromatic carbocycles. The maximum Gasteiger partial charge on any atom is 0.339 e. The second kappa shape index (κ2) is 5.88. The van der Waals surface area contributed by atoms with E-state index in [9.17, 15) is 13.6 Å². The van der Waals surface area contributed by atoms with Crippen LogP contribution in [0.4, 0.5) is 20.2 Å². The molecule has 0 heterocycles. The number of esters is 1. The van der Waals surface area contributed by atoms with Crippen molar-refractivity contribution in [2.24, 2.45) is 0 Å². The van der Waals surface area contributed by atoms with Crippen molar-refractivity contribution in [1.29, 1.82) is 0 Å². The number of anilines is 2. The summed E-state index contributed by atoms with van der Waals surface area (Å²) in [5.41, 5.74) is 0.525. The van der Waals surface area contributed by atoms with Crippen molar-refractivity contribution in [2.75, 3.05) is 12.4 Å². The van der Waals surface area contributed by atoms with Gasteiger partial charge in [-0.05, 0) is 24.3 Å². The Kier molecular flexibility index (Phi) is 4.20. The van der Waals surface area contributed by atoms with Crippen LogP contribution in [0.1, 0.15) is 10.4 Å². The summed E-state index contributed by atoms with van der Waals surface area (Å²) in [6.07, 6.45) is 0. The van der Waals surface area contributed by atoms with E-state index in [4.69, 9.17) is 11.6 Å². The first-order valence-electron chi connectivity index (χ1n) is 5.62. The van der Waals surface area contributed by atoms with Crippen LogP contribution >= 0.6 is 11.6 Å². The predicted octanol–water partition coefficient (Wildman–Crippen LogP) is 4.15. The first-order chi connectivity index (χ1) is 9.52. The largest absolute Gasteiger partial charge is 0.465 e. The molecule has 0 bridgehead atoms. The molecule has 0 aliphatic carbocycles.